The van der Waals surface area contributed by atoms with Crippen LogP contribution in [0, 0.1) is 0 Å². The molecule has 57 heavy (non-hydrogen) atoms. The Labute approximate surface area is 325 Å². The quantitative estimate of drug-likeness (QED) is 0.175. The van der Waals surface area contributed by atoms with Gasteiger partial charge in [-0.05, 0) is 70.1 Å². The lowest BCUT2D eigenvalue weighted by Crippen LogP contribution is -2.03. The van der Waals surface area contributed by atoms with E-state index in [1.165, 1.54) is 92.2 Å². The number of fused-ring (bicyclic) bond motifs is 17. The Bertz CT molecular complexity index is 4050. The summed E-state index contributed by atoms with van der Waals surface area (Å²) in [6, 6.07) is 66.9. The lowest BCUT2D eigenvalue weighted by Gasteiger charge is -2.16. The molecule has 14 aromatic rings. The van der Waals surface area contributed by atoms with Gasteiger partial charge in [0.2, 0.25) is 0 Å². The average Bonchev–Trinajstić information content (AvgIpc) is 3.99. The van der Waals surface area contributed by atoms with E-state index in [9.17, 15) is 0 Å². The Morgan fingerprint density at radius 1 is 0.316 bits per heavy atom. The molecule has 0 atom stereocenters. The molecule has 0 fully saturated rings. The molecule has 14 rings (SSSR count). The Morgan fingerprint density at radius 2 is 0.912 bits per heavy atom. The first-order valence-corrected chi connectivity index (χ1v) is 19.6. The van der Waals surface area contributed by atoms with Crippen molar-refractivity contribution in [1.29, 1.82) is 0 Å². The van der Waals surface area contributed by atoms with E-state index in [0.29, 0.717) is 0 Å². The summed E-state index contributed by atoms with van der Waals surface area (Å²) in [5.41, 5.74) is 10.5. The highest BCUT2D eigenvalue weighted by Crippen LogP contribution is 2.48. The number of para-hydroxylation sites is 4. The van der Waals surface area contributed by atoms with Crippen LogP contribution in [0.5, 0.6) is 0 Å². The predicted molar refractivity (Wildman–Crippen MR) is 240 cm³/mol. The molecule has 5 heterocycles. The molecule has 0 bridgehead atoms. The van der Waals surface area contributed by atoms with Gasteiger partial charge in [-0.15, -0.1) is 0 Å². The molecule has 0 saturated carbocycles. The third-order valence-electron chi connectivity index (χ3n) is 12.7. The van der Waals surface area contributed by atoms with Crippen LogP contribution in [0.15, 0.2) is 182 Å². The minimum absolute atomic E-state index is 0.896. The molecule has 9 aromatic carbocycles. The van der Waals surface area contributed by atoms with Crippen LogP contribution in [0.4, 0.5) is 0 Å². The molecule has 0 N–H and O–H groups in total. The molecular formula is C53H30N4. The first kappa shape index (κ1) is 29.6. The first-order valence-electron chi connectivity index (χ1n) is 19.6. The van der Waals surface area contributed by atoms with Crippen LogP contribution in [0.2, 0.25) is 0 Å². The SMILES string of the molecule is c1ccc2cc3c(cc2c1)c1cc2c4ccccc4n4c5ccccc5c(c1n3-c1cc(-n3c5ccccc5c5c6ccccc6ccc53)nc3ccccc13)c24. The van der Waals surface area contributed by atoms with E-state index in [4.69, 9.17) is 4.98 Å². The lowest BCUT2D eigenvalue weighted by molar-refractivity contribution is 1.08. The summed E-state index contributed by atoms with van der Waals surface area (Å²) < 4.78 is 7.43. The molecule has 262 valence electrons. The summed E-state index contributed by atoms with van der Waals surface area (Å²) in [7, 11) is 0. The second kappa shape index (κ2) is 10.5. The Hall–Kier alpha value is -7.69. The van der Waals surface area contributed by atoms with E-state index in [1.807, 2.05) is 0 Å². The van der Waals surface area contributed by atoms with Crippen LogP contribution in [0.1, 0.15) is 0 Å². The largest absolute Gasteiger partial charge is 0.308 e. The standard InChI is InChI=1S/C53H30N4/c1-2-15-33-28-47-39(27-32(33)14-1)41-29-40-35-17-6-10-22-43(35)56-45-24-12-8-20-38(45)51(52(40)56)53(41)57(47)48-30-49(54-42-21-9-5-18-36(42)48)55-44-23-11-7-19-37(44)50-34-16-4-3-13-31(34)25-26-46(50)55/h1-30H. The van der Waals surface area contributed by atoms with Gasteiger partial charge >= 0.3 is 0 Å². The number of hydrogen-bond acceptors (Lipinski definition) is 1. The van der Waals surface area contributed by atoms with Crippen molar-refractivity contribution in [2.75, 3.05) is 0 Å². The number of benzene rings is 9. The molecule has 0 unspecified atom stereocenters. The number of aromatic nitrogens is 4. The zero-order chi connectivity index (χ0) is 36.9. The maximum atomic E-state index is 5.49. The third kappa shape index (κ3) is 3.70. The minimum Gasteiger partial charge on any atom is -0.308 e. The normalized spacial score (nSPS) is 12.6. The first-order chi connectivity index (χ1) is 28.3. The van der Waals surface area contributed by atoms with E-state index in [1.54, 1.807) is 0 Å². The Kier molecular flexibility index (Phi) is 5.48. The van der Waals surface area contributed by atoms with Crippen LogP contribution in [-0.4, -0.2) is 18.5 Å². The van der Waals surface area contributed by atoms with Crippen molar-refractivity contribution in [3.05, 3.63) is 182 Å². The van der Waals surface area contributed by atoms with Gasteiger partial charge in [-0.1, -0.05) is 127 Å². The fraction of sp³-hybridized carbons (Fsp3) is 0. The summed E-state index contributed by atoms with van der Waals surface area (Å²) in [4.78, 5) is 5.49. The summed E-state index contributed by atoms with van der Waals surface area (Å²) in [6.45, 7) is 0. The van der Waals surface area contributed by atoms with E-state index >= 15 is 0 Å². The van der Waals surface area contributed by atoms with Gasteiger partial charge in [-0.25, -0.2) is 4.98 Å². The summed E-state index contributed by atoms with van der Waals surface area (Å²) in [6.07, 6.45) is 0. The van der Waals surface area contributed by atoms with Crippen molar-refractivity contribution >= 4 is 114 Å². The zero-order valence-corrected chi connectivity index (χ0v) is 30.6. The van der Waals surface area contributed by atoms with Gasteiger partial charge in [0.15, 0.2) is 0 Å². The van der Waals surface area contributed by atoms with E-state index in [-0.39, 0.29) is 0 Å². The fourth-order valence-corrected chi connectivity index (χ4v) is 10.4. The van der Waals surface area contributed by atoms with Crippen molar-refractivity contribution < 1.29 is 0 Å². The van der Waals surface area contributed by atoms with E-state index in [0.717, 1.165) is 33.4 Å². The molecule has 0 radical (unpaired) electrons. The number of nitrogens with zero attached hydrogens (tertiary/aromatic N) is 4. The zero-order valence-electron chi connectivity index (χ0n) is 30.6. The molecule has 0 saturated heterocycles. The highest BCUT2D eigenvalue weighted by molar-refractivity contribution is 6.35. The summed E-state index contributed by atoms with van der Waals surface area (Å²) in [5, 5.41) is 16.1. The number of pyridine rings is 1. The van der Waals surface area contributed by atoms with Crippen LogP contribution in [0.25, 0.3) is 126 Å². The van der Waals surface area contributed by atoms with Crippen LogP contribution < -0.4 is 0 Å². The van der Waals surface area contributed by atoms with Crippen LogP contribution in [-0.2, 0) is 0 Å². The highest BCUT2D eigenvalue weighted by atomic mass is 15.1. The smallest absolute Gasteiger partial charge is 0.140 e. The van der Waals surface area contributed by atoms with Crippen molar-refractivity contribution in [2.24, 2.45) is 0 Å². The van der Waals surface area contributed by atoms with Crippen molar-refractivity contribution in [3.63, 3.8) is 0 Å². The molecule has 0 aliphatic carbocycles. The molecule has 5 aromatic heterocycles. The van der Waals surface area contributed by atoms with E-state index < -0.39 is 0 Å². The monoisotopic (exact) mass is 722 g/mol. The summed E-state index contributed by atoms with van der Waals surface area (Å²) in [5.74, 6) is 0.896. The molecule has 0 aliphatic rings. The average molecular weight is 723 g/mol. The highest BCUT2D eigenvalue weighted by Gasteiger charge is 2.26. The lowest BCUT2D eigenvalue weighted by atomic mass is 10.0. The molecule has 0 amide bonds. The second-order valence-electron chi connectivity index (χ2n) is 15.5. The fourth-order valence-electron chi connectivity index (χ4n) is 10.4. The van der Waals surface area contributed by atoms with Gasteiger partial charge in [0.25, 0.3) is 0 Å². The predicted octanol–water partition coefficient (Wildman–Crippen LogP) is 13.9. The molecule has 0 aliphatic heterocycles. The topological polar surface area (TPSA) is 27.2 Å². The van der Waals surface area contributed by atoms with Gasteiger partial charge in [-0.3, -0.25) is 4.57 Å². The molecule has 0 spiro atoms. The molecular weight excluding hydrogens is 693 g/mol. The van der Waals surface area contributed by atoms with Crippen LogP contribution >= 0.6 is 0 Å². The second-order valence-corrected chi connectivity index (χ2v) is 15.5. The Morgan fingerprint density at radius 3 is 1.72 bits per heavy atom. The minimum atomic E-state index is 0.896. The van der Waals surface area contributed by atoms with Gasteiger partial charge in [-0.2, -0.15) is 0 Å². The number of rotatable bonds is 2. The van der Waals surface area contributed by atoms with Crippen molar-refractivity contribution in [3.8, 4) is 11.5 Å². The van der Waals surface area contributed by atoms with Crippen molar-refractivity contribution in [2.45, 2.75) is 0 Å². The molecule has 4 heteroatoms. The Balaban J connectivity index is 1.22. The van der Waals surface area contributed by atoms with E-state index in [2.05, 4.69) is 196 Å². The third-order valence-corrected chi connectivity index (χ3v) is 12.7. The maximum absolute atomic E-state index is 5.49. The van der Waals surface area contributed by atoms with Gasteiger partial charge in [0, 0.05) is 54.5 Å². The number of hydrogen-bond donors (Lipinski definition) is 0. The molecule has 4 nitrogen and oxygen atoms in total. The maximum Gasteiger partial charge on any atom is 0.140 e. The van der Waals surface area contributed by atoms with Gasteiger partial charge < -0.3 is 8.97 Å². The van der Waals surface area contributed by atoms with Crippen molar-refractivity contribution in [1.82, 2.24) is 18.5 Å². The van der Waals surface area contributed by atoms with Gasteiger partial charge in [0.1, 0.15) is 5.82 Å². The summed E-state index contributed by atoms with van der Waals surface area (Å²) >= 11 is 0. The van der Waals surface area contributed by atoms with Gasteiger partial charge in [0.05, 0.1) is 49.8 Å². The van der Waals surface area contributed by atoms with Crippen LogP contribution in [0.3, 0.4) is 0 Å².